The van der Waals surface area contributed by atoms with E-state index >= 15 is 0 Å². The number of ether oxygens (including phenoxy) is 1. The molecular formula is C18H14N6O4S. The highest BCUT2D eigenvalue weighted by atomic mass is 32.1. The second kappa shape index (κ2) is 7.64. The highest BCUT2D eigenvalue weighted by molar-refractivity contribution is 7.19. The molecule has 4 aromatic rings. The van der Waals surface area contributed by atoms with Crippen LogP contribution < -0.4 is 10.1 Å². The number of benzene rings is 2. The summed E-state index contributed by atoms with van der Waals surface area (Å²) < 4.78 is 7.03. The Morgan fingerprint density at radius 2 is 1.90 bits per heavy atom. The molecule has 0 atom stereocenters. The topological polar surface area (TPSA) is 125 Å². The molecule has 0 spiro atoms. The monoisotopic (exact) mass is 410 g/mol. The molecule has 0 saturated heterocycles. The Morgan fingerprint density at radius 1 is 1.17 bits per heavy atom. The zero-order valence-electron chi connectivity index (χ0n) is 15.1. The molecule has 146 valence electrons. The molecule has 10 nitrogen and oxygen atoms in total. The van der Waals surface area contributed by atoms with Crippen LogP contribution in [0.3, 0.4) is 0 Å². The first-order valence-electron chi connectivity index (χ1n) is 8.46. The zero-order chi connectivity index (χ0) is 20.4. The lowest BCUT2D eigenvalue weighted by Gasteiger charge is -2.08. The fourth-order valence-corrected chi connectivity index (χ4v) is 3.43. The van der Waals surface area contributed by atoms with Crippen molar-refractivity contribution in [2.75, 3.05) is 11.9 Å². The van der Waals surface area contributed by atoms with E-state index in [4.69, 9.17) is 4.74 Å². The molecule has 2 aromatic carbocycles. The van der Waals surface area contributed by atoms with Gasteiger partial charge in [-0.15, -0.1) is 10.2 Å². The van der Waals surface area contributed by atoms with Crippen LogP contribution in [-0.2, 0) is 4.79 Å². The number of nitrogens with zero attached hydrogens (tertiary/aromatic N) is 5. The van der Waals surface area contributed by atoms with Gasteiger partial charge in [0.05, 0.1) is 4.92 Å². The molecule has 1 amide bonds. The molecule has 0 aliphatic rings. The molecule has 2 aromatic heterocycles. The number of aromatic nitrogens is 4. The molecule has 0 unspecified atom stereocenters. The summed E-state index contributed by atoms with van der Waals surface area (Å²) >= 11 is 1.43. The number of nitrogens with one attached hydrogen (secondary N) is 1. The molecule has 11 heteroatoms. The van der Waals surface area contributed by atoms with Crippen LogP contribution in [0.15, 0.2) is 48.5 Å². The van der Waals surface area contributed by atoms with Crippen LogP contribution in [0.1, 0.15) is 5.82 Å². The number of anilines is 1. The van der Waals surface area contributed by atoms with Gasteiger partial charge in [0, 0.05) is 23.4 Å². The lowest BCUT2D eigenvalue weighted by molar-refractivity contribution is -0.384. The van der Waals surface area contributed by atoms with Crippen LogP contribution in [0.5, 0.6) is 5.75 Å². The van der Waals surface area contributed by atoms with Crippen molar-refractivity contribution in [2.45, 2.75) is 6.92 Å². The number of hydrogen-bond acceptors (Lipinski definition) is 8. The predicted molar refractivity (Wildman–Crippen MR) is 106 cm³/mol. The van der Waals surface area contributed by atoms with Gasteiger partial charge in [-0.1, -0.05) is 11.3 Å². The van der Waals surface area contributed by atoms with Gasteiger partial charge >= 0.3 is 0 Å². The number of carbonyl (C=O) groups is 1. The molecule has 29 heavy (non-hydrogen) atoms. The van der Waals surface area contributed by atoms with Crippen molar-refractivity contribution in [3.8, 4) is 16.3 Å². The summed E-state index contributed by atoms with van der Waals surface area (Å²) in [5.41, 5.74) is 1.48. The Bertz CT molecular complexity index is 1180. The van der Waals surface area contributed by atoms with Gasteiger partial charge in [0.15, 0.2) is 12.4 Å². The molecule has 0 aliphatic carbocycles. The van der Waals surface area contributed by atoms with Gasteiger partial charge < -0.3 is 10.1 Å². The van der Waals surface area contributed by atoms with E-state index in [2.05, 4.69) is 20.6 Å². The number of hydrogen-bond donors (Lipinski definition) is 1. The van der Waals surface area contributed by atoms with Crippen molar-refractivity contribution in [2.24, 2.45) is 0 Å². The average molecular weight is 410 g/mol. The molecule has 4 rings (SSSR count). The van der Waals surface area contributed by atoms with Crippen LogP contribution in [0.4, 0.5) is 11.4 Å². The van der Waals surface area contributed by atoms with Crippen molar-refractivity contribution in [3.63, 3.8) is 0 Å². The summed E-state index contributed by atoms with van der Waals surface area (Å²) in [4.78, 5) is 22.9. The summed E-state index contributed by atoms with van der Waals surface area (Å²) in [5, 5.41) is 26.6. The maximum Gasteiger partial charge on any atom is 0.269 e. The Balaban J connectivity index is 1.35. The first-order valence-corrected chi connectivity index (χ1v) is 9.27. The van der Waals surface area contributed by atoms with E-state index in [-0.39, 0.29) is 18.2 Å². The van der Waals surface area contributed by atoms with E-state index < -0.39 is 4.92 Å². The number of amides is 1. The number of aryl methyl sites for hydroxylation is 1. The SMILES string of the molecule is Cc1nnc2sc(-c3ccc(NC(=O)COc4ccc([N+](=O)[O-])cc4)cc3)nn12. The van der Waals surface area contributed by atoms with Crippen LogP contribution in [0, 0.1) is 17.0 Å². The van der Waals surface area contributed by atoms with E-state index in [1.807, 2.05) is 19.1 Å². The number of carbonyl (C=O) groups excluding carboxylic acids is 1. The van der Waals surface area contributed by atoms with Gasteiger partial charge in [0.2, 0.25) is 4.96 Å². The fraction of sp³-hybridized carbons (Fsp3) is 0.111. The second-order valence-corrected chi connectivity index (χ2v) is 6.97. The van der Waals surface area contributed by atoms with Crippen molar-refractivity contribution in [1.82, 2.24) is 19.8 Å². The Kier molecular flexibility index (Phi) is 4.87. The van der Waals surface area contributed by atoms with E-state index in [0.717, 1.165) is 21.4 Å². The van der Waals surface area contributed by atoms with Gasteiger partial charge in [0.25, 0.3) is 11.6 Å². The van der Waals surface area contributed by atoms with E-state index in [0.29, 0.717) is 11.4 Å². The summed E-state index contributed by atoms with van der Waals surface area (Å²) in [6.07, 6.45) is 0. The highest BCUT2D eigenvalue weighted by Crippen LogP contribution is 2.26. The van der Waals surface area contributed by atoms with Gasteiger partial charge in [-0.3, -0.25) is 14.9 Å². The maximum atomic E-state index is 12.1. The Hall–Kier alpha value is -3.86. The third kappa shape index (κ3) is 4.04. The van der Waals surface area contributed by atoms with Gasteiger partial charge in [0.1, 0.15) is 10.8 Å². The van der Waals surface area contributed by atoms with Crippen LogP contribution in [0.2, 0.25) is 0 Å². The first-order chi connectivity index (χ1) is 14.0. The maximum absolute atomic E-state index is 12.1. The fourth-order valence-electron chi connectivity index (χ4n) is 2.54. The standard InChI is InChI=1S/C18H14N6O4S/c1-11-20-21-18-23(11)22-17(29-18)12-2-4-13(5-3-12)19-16(25)10-28-15-8-6-14(7-9-15)24(26)27/h2-9H,10H2,1H3,(H,19,25). The molecule has 0 fully saturated rings. The number of nitro benzene ring substituents is 1. The summed E-state index contributed by atoms with van der Waals surface area (Å²) in [6.45, 7) is 1.62. The summed E-state index contributed by atoms with van der Waals surface area (Å²) in [6, 6.07) is 12.8. The number of non-ortho nitro benzene ring substituents is 1. The molecule has 0 radical (unpaired) electrons. The third-order valence-electron chi connectivity index (χ3n) is 3.98. The van der Waals surface area contributed by atoms with Crippen molar-refractivity contribution < 1.29 is 14.5 Å². The van der Waals surface area contributed by atoms with Crippen molar-refractivity contribution in [3.05, 3.63) is 64.5 Å². The van der Waals surface area contributed by atoms with Gasteiger partial charge in [-0.05, 0) is 43.3 Å². The summed E-state index contributed by atoms with van der Waals surface area (Å²) in [7, 11) is 0. The minimum Gasteiger partial charge on any atom is -0.484 e. The van der Waals surface area contributed by atoms with Crippen LogP contribution in [0.25, 0.3) is 15.5 Å². The average Bonchev–Trinajstić information content (AvgIpc) is 3.29. The molecule has 0 bridgehead atoms. The van der Waals surface area contributed by atoms with Crippen LogP contribution >= 0.6 is 11.3 Å². The normalized spacial score (nSPS) is 10.8. The molecule has 0 saturated carbocycles. The molecule has 2 heterocycles. The molecule has 0 aliphatic heterocycles. The zero-order valence-corrected chi connectivity index (χ0v) is 15.9. The largest absolute Gasteiger partial charge is 0.484 e. The second-order valence-electron chi connectivity index (χ2n) is 6.01. The number of rotatable bonds is 6. The Morgan fingerprint density at radius 3 is 2.55 bits per heavy atom. The predicted octanol–water partition coefficient (Wildman–Crippen LogP) is 3.09. The lowest BCUT2D eigenvalue weighted by atomic mass is 10.2. The minimum absolute atomic E-state index is 0.0399. The van der Waals surface area contributed by atoms with Gasteiger partial charge in [-0.25, -0.2) is 0 Å². The van der Waals surface area contributed by atoms with E-state index in [1.54, 1.807) is 16.6 Å². The van der Waals surface area contributed by atoms with Crippen molar-refractivity contribution in [1.29, 1.82) is 0 Å². The summed E-state index contributed by atoms with van der Waals surface area (Å²) in [5.74, 6) is 0.754. The quantitative estimate of drug-likeness (QED) is 0.382. The van der Waals surface area contributed by atoms with Crippen molar-refractivity contribution >= 4 is 33.6 Å². The van der Waals surface area contributed by atoms with Gasteiger partial charge in [-0.2, -0.15) is 9.61 Å². The lowest BCUT2D eigenvalue weighted by Crippen LogP contribution is -2.20. The highest BCUT2D eigenvalue weighted by Gasteiger charge is 2.11. The number of nitro groups is 1. The molecular weight excluding hydrogens is 396 g/mol. The first kappa shape index (κ1) is 18.5. The van der Waals surface area contributed by atoms with E-state index in [9.17, 15) is 14.9 Å². The third-order valence-corrected chi connectivity index (χ3v) is 4.93. The van der Waals surface area contributed by atoms with E-state index in [1.165, 1.54) is 35.6 Å². The van der Waals surface area contributed by atoms with Crippen LogP contribution in [-0.4, -0.2) is 37.2 Å². The minimum atomic E-state index is -0.498. The molecule has 1 N–H and O–H groups in total. The Labute approximate surface area is 167 Å². The number of fused-ring (bicyclic) bond motifs is 1. The smallest absolute Gasteiger partial charge is 0.269 e.